The van der Waals surface area contributed by atoms with Crippen LogP contribution in [0.15, 0.2) is 66.7 Å². The van der Waals surface area contributed by atoms with Gasteiger partial charge in [0.25, 0.3) is 5.91 Å². The molecule has 7 nitrogen and oxygen atoms in total. The molecule has 0 heterocycles. The van der Waals surface area contributed by atoms with E-state index in [2.05, 4.69) is 4.72 Å². The molecule has 32 heavy (non-hydrogen) atoms. The van der Waals surface area contributed by atoms with Crippen LogP contribution in [0, 0.1) is 0 Å². The Bertz CT molecular complexity index is 1220. The van der Waals surface area contributed by atoms with E-state index in [-0.39, 0.29) is 22.9 Å². The first kappa shape index (κ1) is 23.3. The van der Waals surface area contributed by atoms with Crippen molar-refractivity contribution in [2.24, 2.45) is 0 Å². The van der Waals surface area contributed by atoms with Gasteiger partial charge in [-0.25, -0.2) is 13.2 Å². The molecule has 1 amide bonds. The lowest BCUT2D eigenvalue weighted by Gasteiger charge is -2.22. The van der Waals surface area contributed by atoms with Gasteiger partial charge in [0.15, 0.2) is 6.61 Å². The van der Waals surface area contributed by atoms with Crippen molar-refractivity contribution in [2.75, 3.05) is 28.5 Å². The fourth-order valence-corrected chi connectivity index (χ4v) is 4.55. The zero-order valence-electron chi connectivity index (χ0n) is 18.1. The van der Waals surface area contributed by atoms with E-state index in [1.54, 1.807) is 24.0 Å². The highest BCUT2D eigenvalue weighted by atomic mass is 32.2. The van der Waals surface area contributed by atoms with Crippen LogP contribution in [0.2, 0.25) is 0 Å². The Morgan fingerprint density at radius 2 is 1.69 bits per heavy atom. The minimum Gasteiger partial charge on any atom is -0.452 e. The normalized spacial score (nSPS) is 11.2. The first-order valence-electron chi connectivity index (χ1n) is 10.4. The van der Waals surface area contributed by atoms with E-state index in [0.717, 1.165) is 16.5 Å². The third-order valence-corrected chi connectivity index (χ3v) is 6.34. The second-order valence-corrected chi connectivity index (χ2v) is 9.06. The molecule has 8 heteroatoms. The number of benzene rings is 3. The number of fused-ring (bicyclic) bond motifs is 1. The predicted octanol–water partition coefficient (Wildman–Crippen LogP) is 4.20. The fraction of sp³-hybridized carbons (Fsp3) is 0.250. The molecule has 0 atom stereocenters. The molecule has 0 saturated carbocycles. The van der Waals surface area contributed by atoms with Crippen LogP contribution >= 0.6 is 0 Å². The van der Waals surface area contributed by atoms with Crippen LogP contribution in [0.25, 0.3) is 10.8 Å². The number of ether oxygens (including phenoxy) is 1. The largest absolute Gasteiger partial charge is 0.452 e. The molecule has 0 unspecified atom stereocenters. The van der Waals surface area contributed by atoms with E-state index in [1.807, 2.05) is 49.4 Å². The number of hydrogen-bond acceptors (Lipinski definition) is 5. The van der Waals surface area contributed by atoms with Crippen LogP contribution in [0.4, 0.5) is 11.4 Å². The lowest BCUT2D eigenvalue weighted by atomic mass is 10.1. The number of carbonyl (C=O) groups is 2. The van der Waals surface area contributed by atoms with Gasteiger partial charge >= 0.3 is 5.97 Å². The van der Waals surface area contributed by atoms with Crippen LogP contribution in [0.3, 0.4) is 0 Å². The van der Waals surface area contributed by atoms with Gasteiger partial charge in [-0.1, -0.05) is 49.4 Å². The lowest BCUT2D eigenvalue weighted by Crippen LogP contribution is -2.34. The van der Waals surface area contributed by atoms with Gasteiger partial charge in [-0.05, 0) is 43.0 Å². The van der Waals surface area contributed by atoms with Crippen molar-refractivity contribution in [2.45, 2.75) is 20.3 Å². The fourth-order valence-electron chi connectivity index (χ4n) is 3.42. The van der Waals surface area contributed by atoms with Gasteiger partial charge in [-0.2, -0.15) is 0 Å². The van der Waals surface area contributed by atoms with Crippen molar-refractivity contribution in [1.29, 1.82) is 0 Å². The Kier molecular flexibility index (Phi) is 7.48. The molecule has 3 aromatic rings. The zero-order valence-corrected chi connectivity index (χ0v) is 18.9. The van der Waals surface area contributed by atoms with Gasteiger partial charge in [-0.3, -0.25) is 9.52 Å². The maximum Gasteiger partial charge on any atom is 0.338 e. The number of amides is 1. The second-order valence-electron chi connectivity index (χ2n) is 7.21. The number of nitrogens with one attached hydrogen (secondary N) is 1. The molecular weight excluding hydrogens is 428 g/mol. The third kappa shape index (κ3) is 5.64. The maximum atomic E-state index is 12.8. The number of likely N-dealkylation sites (N-methyl/N-ethyl adjacent to an activating group) is 1. The average molecular weight is 455 g/mol. The Hall–Kier alpha value is -3.39. The maximum absolute atomic E-state index is 12.8. The van der Waals surface area contributed by atoms with E-state index < -0.39 is 22.6 Å². The molecule has 0 saturated heterocycles. The van der Waals surface area contributed by atoms with Crippen LogP contribution < -0.4 is 9.62 Å². The summed E-state index contributed by atoms with van der Waals surface area (Å²) < 4.78 is 31.6. The summed E-state index contributed by atoms with van der Waals surface area (Å²) in [5.41, 5.74) is 1.17. The molecule has 0 aromatic heterocycles. The number of hydrogen-bond donors (Lipinski definition) is 1. The summed E-state index contributed by atoms with van der Waals surface area (Å²) in [5, 5.41) is 1.94. The van der Waals surface area contributed by atoms with Crippen LogP contribution in [-0.4, -0.2) is 39.2 Å². The number of nitrogens with zero attached hydrogens (tertiary/aromatic N) is 1. The molecule has 0 aliphatic heterocycles. The number of carbonyl (C=O) groups excluding carboxylic acids is 2. The molecule has 0 aliphatic carbocycles. The van der Waals surface area contributed by atoms with E-state index >= 15 is 0 Å². The molecular formula is C24H26N2O5S. The summed E-state index contributed by atoms with van der Waals surface area (Å²) >= 11 is 0. The van der Waals surface area contributed by atoms with Gasteiger partial charge in [0.1, 0.15) is 0 Å². The van der Waals surface area contributed by atoms with Crippen molar-refractivity contribution in [3.63, 3.8) is 0 Å². The quantitative estimate of drug-likeness (QED) is 0.489. The standard InChI is InChI=1S/C24H26N2O5S/c1-3-15-32(29,30)25-20-12-7-11-19(16-20)24(28)31-17-23(27)26(4-2)22-14-8-10-18-9-5-6-13-21(18)22/h5-14,16,25H,3-4,15,17H2,1-2H3. The second kappa shape index (κ2) is 10.3. The molecule has 3 aromatic carbocycles. The number of anilines is 2. The first-order valence-corrected chi connectivity index (χ1v) is 12.1. The molecule has 0 aliphatic rings. The first-order chi connectivity index (χ1) is 15.3. The highest BCUT2D eigenvalue weighted by Gasteiger charge is 2.19. The summed E-state index contributed by atoms with van der Waals surface area (Å²) in [6.45, 7) is 3.61. The predicted molar refractivity (Wildman–Crippen MR) is 126 cm³/mol. The van der Waals surface area contributed by atoms with Crippen LogP contribution in [0.5, 0.6) is 0 Å². The Balaban J connectivity index is 1.70. The zero-order chi connectivity index (χ0) is 23.1. The van der Waals surface area contributed by atoms with Crippen molar-refractivity contribution in [3.05, 3.63) is 72.3 Å². The van der Waals surface area contributed by atoms with Gasteiger partial charge in [0.2, 0.25) is 10.0 Å². The molecule has 3 rings (SSSR count). The summed E-state index contributed by atoms with van der Waals surface area (Å²) in [6, 6.07) is 19.5. The molecule has 0 bridgehead atoms. The van der Waals surface area contributed by atoms with Gasteiger partial charge in [-0.15, -0.1) is 0 Å². The van der Waals surface area contributed by atoms with E-state index in [4.69, 9.17) is 4.74 Å². The molecule has 168 valence electrons. The highest BCUT2D eigenvalue weighted by Crippen LogP contribution is 2.26. The van der Waals surface area contributed by atoms with Gasteiger partial charge in [0, 0.05) is 17.6 Å². The van der Waals surface area contributed by atoms with Crippen molar-refractivity contribution >= 4 is 44.0 Å². The van der Waals surface area contributed by atoms with E-state index in [1.165, 1.54) is 12.1 Å². The molecule has 0 fully saturated rings. The Morgan fingerprint density at radius 3 is 2.44 bits per heavy atom. The summed E-state index contributed by atoms with van der Waals surface area (Å²) in [7, 11) is -3.48. The molecule has 0 spiro atoms. The topological polar surface area (TPSA) is 92.8 Å². The van der Waals surface area contributed by atoms with E-state index in [9.17, 15) is 18.0 Å². The summed E-state index contributed by atoms with van der Waals surface area (Å²) in [5.74, 6) is -1.07. The number of esters is 1. The van der Waals surface area contributed by atoms with Crippen LogP contribution in [-0.2, 0) is 19.6 Å². The Morgan fingerprint density at radius 1 is 0.969 bits per heavy atom. The Labute approximate surface area is 188 Å². The molecule has 0 radical (unpaired) electrons. The number of sulfonamides is 1. The summed E-state index contributed by atoms with van der Waals surface area (Å²) in [6.07, 6.45) is 0.476. The third-order valence-electron chi connectivity index (χ3n) is 4.85. The number of rotatable bonds is 9. The summed E-state index contributed by atoms with van der Waals surface area (Å²) in [4.78, 5) is 26.9. The van der Waals surface area contributed by atoms with Crippen LogP contribution in [0.1, 0.15) is 30.6 Å². The van der Waals surface area contributed by atoms with Crippen molar-refractivity contribution in [3.8, 4) is 0 Å². The smallest absolute Gasteiger partial charge is 0.338 e. The van der Waals surface area contributed by atoms with Gasteiger partial charge < -0.3 is 9.64 Å². The molecule has 1 N–H and O–H groups in total. The minimum atomic E-state index is -3.48. The SMILES string of the molecule is CCCS(=O)(=O)Nc1cccc(C(=O)OCC(=O)N(CC)c2cccc3ccccc23)c1. The van der Waals surface area contributed by atoms with Crippen molar-refractivity contribution in [1.82, 2.24) is 0 Å². The average Bonchev–Trinajstić information content (AvgIpc) is 2.78. The minimum absolute atomic E-state index is 0.0167. The monoisotopic (exact) mass is 454 g/mol. The highest BCUT2D eigenvalue weighted by molar-refractivity contribution is 7.92. The van der Waals surface area contributed by atoms with Crippen molar-refractivity contribution < 1.29 is 22.7 Å². The van der Waals surface area contributed by atoms with E-state index in [0.29, 0.717) is 13.0 Å². The lowest BCUT2D eigenvalue weighted by molar-refractivity contribution is -0.121. The van der Waals surface area contributed by atoms with Gasteiger partial charge in [0.05, 0.1) is 17.0 Å².